The number of carbonyl (C=O) groups is 2. The molecule has 0 aliphatic carbocycles. The fourth-order valence-electron chi connectivity index (χ4n) is 2.96. The fourth-order valence-corrected chi connectivity index (χ4v) is 2.96. The van der Waals surface area contributed by atoms with Crippen molar-refractivity contribution in [3.63, 3.8) is 0 Å². The van der Waals surface area contributed by atoms with E-state index in [1.165, 1.54) is 6.07 Å². The zero-order valence-corrected chi connectivity index (χ0v) is 13.5. The minimum absolute atomic E-state index is 0.0504. The third-order valence-electron chi connectivity index (χ3n) is 4.33. The lowest BCUT2D eigenvalue weighted by atomic mass is 10.0. The van der Waals surface area contributed by atoms with Gasteiger partial charge in [0, 0.05) is 24.7 Å². The van der Waals surface area contributed by atoms with Gasteiger partial charge in [0.05, 0.1) is 0 Å². The van der Waals surface area contributed by atoms with E-state index in [9.17, 15) is 18.4 Å². The summed E-state index contributed by atoms with van der Waals surface area (Å²) in [5.74, 6) is -2.57. The second-order valence-electron chi connectivity index (χ2n) is 6.00. The Morgan fingerprint density at radius 3 is 2.12 bits per heavy atom. The first-order valence-electron chi connectivity index (χ1n) is 8.15. The third-order valence-corrected chi connectivity index (χ3v) is 4.33. The molecular weight excluding hydrogens is 326 g/mol. The highest BCUT2D eigenvalue weighted by Gasteiger charge is 2.26. The second kappa shape index (κ2) is 7.42. The van der Waals surface area contributed by atoms with Gasteiger partial charge in [0.15, 0.2) is 0 Å². The van der Waals surface area contributed by atoms with E-state index in [1.807, 2.05) is 18.2 Å². The van der Waals surface area contributed by atoms with Gasteiger partial charge in [-0.25, -0.2) is 8.78 Å². The van der Waals surface area contributed by atoms with Crippen LogP contribution in [0.4, 0.5) is 8.78 Å². The van der Waals surface area contributed by atoms with Crippen molar-refractivity contribution in [3.8, 4) is 0 Å². The van der Waals surface area contributed by atoms with Crippen molar-refractivity contribution in [1.82, 2.24) is 10.2 Å². The summed E-state index contributed by atoms with van der Waals surface area (Å²) in [7, 11) is 0. The van der Waals surface area contributed by atoms with Gasteiger partial charge in [0.1, 0.15) is 17.2 Å². The van der Waals surface area contributed by atoms with Crippen LogP contribution in [0.15, 0.2) is 48.5 Å². The number of carbonyl (C=O) groups excluding carboxylic acids is 2. The van der Waals surface area contributed by atoms with Crippen molar-refractivity contribution in [2.75, 3.05) is 13.1 Å². The number of piperidine rings is 1. The minimum Gasteiger partial charge on any atom is -0.349 e. The molecule has 130 valence electrons. The van der Waals surface area contributed by atoms with Gasteiger partial charge in [-0.3, -0.25) is 9.59 Å². The molecule has 1 heterocycles. The summed E-state index contributed by atoms with van der Waals surface area (Å²) < 4.78 is 27.3. The second-order valence-corrected chi connectivity index (χ2v) is 6.00. The lowest BCUT2D eigenvalue weighted by molar-refractivity contribution is 0.0697. The molecule has 1 saturated heterocycles. The Labute approximate surface area is 144 Å². The van der Waals surface area contributed by atoms with Crippen molar-refractivity contribution < 1.29 is 18.4 Å². The molecule has 1 N–H and O–H groups in total. The minimum atomic E-state index is -0.880. The molecular formula is C19H18F2N2O2. The Balaban J connectivity index is 1.58. The van der Waals surface area contributed by atoms with E-state index in [0.29, 0.717) is 31.5 Å². The fraction of sp³-hybridized carbons (Fsp3) is 0.263. The molecule has 2 amide bonds. The first-order chi connectivity index (χ1) is 12.1. The molecule has 3 rings (SSSR count). The van der Waals surface area contributed by atoms with Gasteiger partial charge in [0.25, 0.3) is 11.8 Å². The van der Waals surface area contributed by atoms with Crippen LogP contribution in [0.25, 0.3) is 0 Å². The van der Waals surface area contributed by atoms with Crippen LogP contribution in [0.5, 0.6) is 0 Å². The standard InChI is InChI=1S/C19H18F2N2O2/c20-15-7-4-8-16(21)17(15)18(24)22-14-9-11-23(12-10-14)19(25)13-5-2-1-3-6-13/h1-8,14H,9-12H2,(H,22,24). The maximum Gasteiger partial charge on any atom is 0.257 e. The molecule has 0 atom stereocenters. The average Bonchev–Trinajstić information content (AvgIpc) is 2.62. The zero-order valence-electron chi connectivity index (χ0n) is 13.5. The highest BCUT2D eigenvalue weighted by atomic mass is 19.1. The molecule has 0 radical (unpaired) electrons. The summed E-state index contributed by atoms with van der Waals surface area (Å²) in [5.41, 5.74) is 0.0590. The highest BCUT2D eigenvalue weighted by Crippen LogP contribution is 2.16. The summed E-state index contributed by atoms with van der Waals surface area (Å²) >= 11 is 0. The van der Waals surface area contributed by atoms with Gasteiger partial charge in [-0.1, -0.05) is 24.3 Å². The first kappa shape index (κ1) is 17.1. The van der Waals surface area contributed by atoms with Crippen LogP contribution in [0.1, 0.15) is 33.6 Å². The predicted octanol–water partition coefficient (Wildman–Crippen LogP) is 3.00. The Morgan fingerprint density at radius 1 is 0.920 bits per heavy atom. The number of hydrogen-bond acceptors (Lipinski definition) is 2. The maximum atomic E-state index is 13.7. The van der Waals surface area contributed by atoms with E-state index in [1.54, 1.807) is 17.0 Å². The van der Waals surface area contributed by atoms with Crippen LogP contribution < -0.4 is 5.32 Å². The average molecular weight is 344 g/mol. The lowest BCUT2D eigenvalue weighted by Crippen LogP contribution is -2.46. The molecule has 6 heteroatoms. The number of halogens is 2. The van der Waals surface area contributed by atoms with Gasteiger partial charge in [-0.05, 0) is 37.1 Å². The highest BCUT2D eigenvalue weighted by molar-refractivity contribution is 5.95. The van der Waals surface area contributed by atoms with Crippen LogP contribution in [-0.2, 0) is 0 Å². The summed E-state index contributed by atoms with van der Waals surface area (Å²) in [6.45, 7) is 0.969. The normalized spacial score (nSPS) is 15.0. The molecule has 25 heavy (non-hydrogen) atoms. The first-order valence-corrected chi connectivity index (χ1v) is 8.15. The van der Waals surface area contributed by atoms with Crippen LogP contribution in [0.2, 0.25) is 0 Å². The third kappa shape index (κ3) is 3.84. The van der Waals surface area contributed by atoms with Gasteiger partial charge in [0.2, 0.25) is 0 Å². The van der Waals surface area contributed by atoms with E-state index >= 15 is 0 Å². The molecule has 1 aliphatic heterocycles. The molecule has 1 fully saturated rings. The number of rotatable bonds is 3. The van der Waals surface area contributed by atoms with Gasteiger partial charge < -0.3 is 10.2 Å². The smallest absolute Gasteiger partial charge is 0.257 e. The van der Waals surface area contributed by atoms with E-state index in [-0.39, 0.29) is 11.9 Å². The number of nitrogens with zero attached hydrogens (tertiary/aromatic N) is 1. The molecule has 4 nitrogen and oxygen atoms in total. The van der Waals surface area contributed by atoms with Gasteiger partial charge >= 0.3 is 0 Å². The molecule has 2 aromatic carbocycles. The maximum absolute atomic E-state index is 13.7. The van der Waals surface area contributed by atoms with Crippen molar-refractivity contribution in [1.29, 1.82) is 0 Å². The van der Waals surface area contributed by atoms with Crippen LogP contribution in [-0.4, -0.2) is 35.8 Å². The summed E-state index contributed by atoms with van der Waals surface area (Å²) in [5, 5.41) is 2.66. The van der Waals surface area contributed by atoms with Gasteiger partial charge in [-0.2, -0.15) is 0 Å². The van der Waals surface area contributed by atoms with E-state index in [2.05, 4.69) is 5.32 Å². The number of benzene rings is 2. The monoisotopic (exact) mass is 344 g/mol. The summed E-state index contributed by atoms with van der Waals surface area (Å²) in [6.07, 6.45) is 1.08. The van der Waals surface area contributed by atoms with E-state index in [4.69, 9.17) is 0 Å². The quantitative estimate of drug-likeness (QED) is 0.931. The predicted molar refractivity (Wildman–Crippen MR) is 89.2 cm³/mol. The molecule has 0 unspecified atom stereocenters. The van der Waals surface area contributed by atoms with Gasteiger partial charge in [-0.15, -0.1) is 0 Å². The van der Waals surface area contributed by atoms with Crippen LogP contribution >= 0.6 is 0 Å². The molecule has 0 spiro atoms. The Bertz CT molecular complexity index is 752. The van der Waals surface area contributed by atoms with Crippen LogP contribution in [0.3, 0.4) is 0 Å². The van der Waals surface area contributed by atoms with Crippen molar-refractivity contribution in [2.45, 2.75) is 18.9 Å². The number of hydrogen-bond donors (Lipinski definition) is 1. The molecule has 1 aliphatic rings. The van der Waals surface area contributed by atoms with Crippen molar-refractivity contribution in [2.24, 2.45) is 0 Å². The summed E-state index contributed by atoms with van der Waals surface area (Å²) in [4.78, 5) is 26.2. The molecule has 2 aromatic rings. The Hall–Kier alpha value is -2.76. The molecule has 0 bridgehead atoms. The lowest BCUT2D eigenvalue weighted by Gasteiger charge is -2.32. The largest absolute Gasteiger partial charge is 0.349 e. The summed E-state index contributed by atoms with van der Waals surface area (Å²) in [6, 6.07) is 12.1. The molecule has 0 aromatic heterocycles. The molecule has 0 saturated carbocycles. The van der Waals surface area contributed by atoms with Crippen molar-refractivity contribution >= 4 is 11.8 Å². The van der Waals surface area contributed by atoms with E-state index < -0.39 is 23.1 Å². The number of nitrogens with one attached hydrogen (secondary N) is 1. The van der Waals surface area contributed by atoms with Crippen molar-refractivity contribution in [3.05, 3.63) is 71.3 Å². The Kier molecular flexibility index (Phi) is 5.07. The van der Waals surface area contributed by atoms with E-state index in [0.717, 1.165) is 12.1 Å². The SMILES string of the molecule is O=C(NC1CCN(C(=O)c2ccccc2)CC1)c1c(F)cccc1F. The van der Waals surface area contributed by atoms with Crippen LogP contribution in [0, 0.1) is 11.6 Å². The topological polar surface area (TPSA) is 49.4 Å². The Morgan fingerprint density at radius 2 is 1.52 bits per heavy atom. The number of amides is 2. The number of likely N-dealkylation sites (tertiary alicyclic amines) is 1. The zero-order chi connectivity index (χ0) is 17.8.